The maximum absolute atomic E-state index is 12.3. The van der Waals surface area contributed by atoms with Crippen LogP contribution >= 0.6 is 27.3 Å². The molecule has 1 aromatic heterocycles. The van der Waals surface area contributed by atoms with Gasteiger partial charge >= 0.3 is 0 Å². The number of rotatable bonds is 3. The number of halogens is 1. The lowest BCUT2D eigenvalue weighted by atomic mass is 10.1. The van der Waals surface area contributed by atoms with E-state index in [0.717, 1.165) is 15.6 Å². The van der Waals surface area contributed by atoms with Crippen molar-refractivity contribution in [3.63, 3.8) is 0 Å². The Morgan fingerprint density at radius 1 is 1.47 bits per heavy atom. The molecule has 0 saturated heterocycles. The van der Waals surface area contributed by atoms with E-state index in [0.29, 0.717) is 11.4 Å². The van der Waals surface area contributed by atoms with Crippen LogP contribution < -0.4 is 0 Å². The summed E-state index contributed by atoms with van der Waals surface area (Å²) in [6.07, 6.45) is 0. The summed E-state index contributed by atoms with van der Waals surface area (Å²) < 4.78 is 1.16. The molecule has 1 heterocycles. The average Bonchev–Trinajstić information content (AvgIpc) is 2.70. The number of thiophene rings is 1. The normalized spacial score (nSPS) is 12.6. The molecule has 0 fully saturated rings. The van der Waals surface area contributed by atoms with Gasteiger partial charge in [-0.25, -0.2) is 0 Å². The van der Waals surface area contributed by atoms with Crippen LogP contribution in [-0.2, 0) is 0 Å². The van der Waals surface area contributed by atoms with Crippen LogP contribution in [0.3, 0.4) is 0 Å². The molecule has 0 aliphatic carbocycles. The minimum Gasteiger partial charge on any atom is -0.341 e. The summed E-state index contributed by atoms with van der Waals surface area (Å²) in [5.74, 6) is 0.0914. The van der Waals surface area contributed by atoms with Crippen molar-refractivity contribution in [2.24, 2.45) is 0 Å². The van der Waals surface area contributed by atoms with Crippen molar-refractivity contribution in [3.8, 4) is 0 Å². The molecular formula is C13H14BrNOS. The fraction of sp³-hybridized carbons (Fsp3) is 0.308. The molecule has 4 heteroatoms. The third kappa shape index (κ3) is 2.69. The first-order valence-corrected chi connectivity index (χ1v) is 7.25. The Bertz CT molecular complexity index is 535. The lowest BCUT2D eigenvalue weighted by Crippen LogP contribution is -2.30. The van der Waals surface area contributed by atoms with Gasteiger partial charge in [-0.3, -0.25) is 4.79 Å². The quantitative estimate of drug-likeness (QED) is 0.790. The molecule has 0 aliphatic rings. The molecule has 0 aliphatic heterocycles. The Balaban J connectivity index is 2.30. The zero-order valence-corrected chi connectivity index (χ0v) is 12.2. The van der Waals surface area contributed by atoms with Crippen LogP contribution in [0.1, 0.15) is 17.3 Å². The largest absolute Gasteiger partial charge is 0.341 e. The zero-order chi connectivity index (χ0) is 12.4. The fourth-order valence-corrected chi connectivity index (χ4v) is 3.18. The van der Waals surface area contributed by atoms with Gasteiger partial charge in [0.2, 0.25) is 0 Å². The van der Waals surface area contributed by atoms with E-state index in [1.807, 2.05) is 43.6 Å². The predicted octanol–water partition coefficient (Wildman–Crippen LogP) is 3.76. The molecule has 2 aromatic rings. The zero-order valence-electron chi connectivity index (χ0n) is 9.81. The second-order valence-electron chi connectivity index (χ2n) is 4.11. The molecule has 0 saturated carbocycles. The van der Waals surface area contributed by atoms with Gasteiger partial charge in [-0.15, -0.1) is 11.3 Å². The smallest absolute Gasteiger partial charge is 0.255 e. The molecule has 2 rings (SSSR count). The Morgan fingerprint density at radius 3 is 2.88 bits per heavy atom. The van der Waals surface area contributed by atoms with Crippen molar-refractivity contribution >= 4 is 43.3 Å². The highest BCUT2D eigenvalue weighted by Crippen LogP contribution is 2.26. The highest BCUT2D eigenvalue weighted by atomic mass is 79.9. The molecule has 0 N–H and O–H groups in total. The van der Waals surface area contributed by atoms with Crippen LogP contribution in [0.2, 0.25) is 0 Å². The van der Waals surface area contributed by atoms with Crippen molar-refractivity contribution in [1.29, 1.82) is 0 Å². The second-order valence-corrected chi connectivity index (χ2v) is 6.59. The van der Waals surface area contributed by atoms with Gasteiger partial charge in [0.1, 0.15) is 0 Å². The van der Waals surface area contributed by atoms with E-state index in [1.54, 1.807) is 16.2 Å². The number of fused-ring (bicyclic) bond motifs is 1. The van der Waals surface area contributed by atoms with Crippen molar-refractivity contribution in [2.45, 2.75) is 11.8 Å². The van der Waals surface area contributed by atoms with Gasteiger partial charge in [0.25, 0.3) is 5.91 Å². The van der Waals surface area contributed by atoms with Crippen LogP contribution in [0.25, 0.3) is 10.1 Å². The Morgan fingerprint density at radius 2 is 2.18 bits per heavy atom. The van der Waals surface area contributed by atoms with Crippen LogP contribution in [0, 0.1) is 0 Å². The minimum absolute atomic E-state index is 0.0914. The van der Waals surface area contributed by atoms with Crippen LogP contribution in [0.5, 0.6) is 0 Å². The monoisotopic (exact) mass is 311 g/mol. The maximum atomic E-state index is 12.3. The summed E-state index contributed by atoms with van der Waals surface area (Å²) in [5, 5.41) is 3.00. The van der Waals surface area contributed by atoms with E-state index in [2.05, 4.69) is 15.9 Å². The molecule has 1 aromatic carbocycles. The third-order valence-electron chi connectivity index (χ3n) is 2.58. The average molecular weight is 312 g/mol. The van der Waals surface area contributed by atoms with Gasteiger partial charge in [-0.05, 0) is 6.07 Å². The Hall–Kier alpha value is -0.870. The number of carbonyl (C=O) groups excluding carboxylic acids is 1. The van der Waals surface area contributed by atoms with Crippen LogP contribution in [-0.4, -0.2) is 29.2 Å². The molecule has 0 spiro atoms. The number of carbonyl (C=O) groups is 1. The molecule has 1 unspecified atom stereocenters. The molecule has 0 bridgehead atoms. The lowest BCUT2D eigenvalue weighted by Gasteiger charge is -2.18. The molecule has 17 heavy (non-hydrogen) atoms. The Kier molecular flexibility index (Phi) is 3.84. The minimum atomic E-state index is 0.0914. The summed E-state index contributed by atoms with van der Waals surface area (Å²) in [6.45, 7) is 2.75. The van der Waals surface area contributed by atoms with Crippen molar-refractivity contribution in [2.75, 3.05) is 13.6 Å². The number of benzene rings is 1. The maximum Gasteiger partial charge on any atom is 0.255 e. The van der Waals surface area contributed by atoms with E-state index < -0.39 is 0 Å². The standard InChI is InChI=1S/C13H14BrNOS/c1-9(14)7-15(2)13(16)11-8-17-12-6-4-3-5-10(11)12/h3-6,8-9H,7H2,1-2H3. The lowest BCUT2D eigenvalue weighted by molar-refractivity contribution is 0.0800. The highest BCUT2D eigenvalue weighted by molar-refractivity contribution is 9.09. The SMILES string of the molecule is CC(Br)CN(C)C(=O)c1csc2ccccc12. The molecule has 1 amide bonds. The number of amides is 1. The van der Waals surface area contributed by atoms with Gasteiger partial charge in [0, 0.05) is 33.9 Å². The van der Waals surface area contributed by atoms with Gasteiger partial charge in [0.05, 0.1) is 5.56 Å². The molecule has 0 radical (unpaired) electrons. The van der Waals surface area contributed by atoms with E-state index >= 15 is 0 Å². The molecule has 90 valence electrons. The van der Waals surface area contributed by atoms with E-state index in [9.17, 15) is 4.79 Å². The number of hydrogen-bond acceptors (Lipinski definition) is 2. The van der Waals surface area contributed by atoms with E-state index in [-0.39, 0.29) is 5.91 Å². The first-order chi connectivity index (χ1) is 8.09. The van der Waals surface area contributed by atoms with Gasteiger partial charge in [-0.1, -0.05) is 41.1 Å². The molecular weight excluding hydrogens is 298 g/mol. The van der Waals surface area contributed by atoms with Gasteiger partial charge in [0.15, 0.2) is 0 Å². The van der Waals surface area contributed by atoms with Crippen LogP contribution in [0.4, 0.5) is 0 Å². The van der Waals surface area contributed by atoms with Gasteiger partial charge in [-0.2, -0.15) is 0 Å². The summed E-state index contributed by atoms with van der Waals surface area (Å²) in [4.78, 5) is 14.3. The molecule has 1 atom stereocenters. The third-order valence-corrected chi connectivity index (χ3v) is 3.84. The summed E-state index contributed by atoms with van der Waals surface area (Å²) >= 11 is 5.08. The number of nitrogens with zero attached hydrogens (tertiary/aromatic N) is 1. The second kappa shape index (κ2) is 5.19. The van der Waals surface area contributed by atoms with Gasteiger partial charge < -0.3 is 4.90 Å². The van der Waals surface area contributed by atoms with Crippen molar-refractivity contribution in [3.05, 3.63) is 35.2 Å². The number of alkyl halides is 1. The topological polar surface area (TPSA) is 20.3 Å². The van der Waals surface area contributed by atoms with E-state index in [1.165, 1.54) is 0 Å². The summed E-state index contributed by atoms with van der Waals surface area (Å²) in [6, 6.07) is 8.02. The fourth-order valence-electron chi connectivity index (χ4n) is 1.81. The summed E-state index contributed by atoms with van der Waals surface area (Å²) in [5.41, 5.74) is 0.807. The number of hydrogen-bond donors (Lipinski definition) is 0. The van der Waals surface area contributed by atoms with Crippen LogP contribution in [0.15, 0.2) is 29.6 Å². The summed E-state index contributed by atoms with van der Waals surface area (Å²) in [7, 11) is 1.84. The first-order valence-electron chi connectivity index (χ1n) is 5.45. The Labute approximate surface area is 113 Å². The van der Waals surface area contributed by atoms with Crippen molar-refractivity contribution in [1.82, 2.24) is 4.90 Å². The first kappa shape index (κ1) is 12.6. The predicted molar refractivity (Wildman–Crippen MR) is 77.2 cm³/mol. The van der Waals surface area contributed by atoms with E-state index in [4.69, 9.17) is 0 Å². The molecule has 2 nitrogen and oxygen atoms in total. The highest BCUT2D eigenvalue weighted by Gasteiger charge is 2.16. The van der Waals surface area contributed by atoms with Crippen molar-refractivity contribution < 1.29 is 4.79 Å².